The molecule has 0 aromatic heterocycles. The summed E-state index contributed by atoms with van der Waals surface area (Å²) in [5.74, 6) is -1.02. The molecule has 0 saturated carbocycles. The van der Waals surface area contributed by atoms with Gasteiger partial charge in [-0.2, -0.15) is 0 Å². The summed E-state index contributed by atoms with van der Waals surface area (Å²) in [5.41, 5.74) is 0.562. The number of carbonyl (C=O) groups is 1. The van der Waals surface area contributed by atoms with Gasteiger partial charge in [0.15, 0.2) is 0 Å². The fourth-order valence-corrected chi connectivity index (χ4v) is 1.84. The fraction of sp³-hybridized carbons (Fsp3) is 0.462. The van der Waals surface area contributed by atoms with Crippen molar-refractivity contribution in [3.63, 3.8) is 0 Å². The lowest BCUT2D eigenvalue weighted by Gasteiger charge is -2.17. The normalized spacial score (nSPS) is 12.7. The van der Waals surface area contributed by atoms with Crippen molar-refractivity contribution < 1.29 is 14.3 Å². The third kappa shape index (κ3) is 4.63. The van der Waals surface area contributed by atoms with Crippen molar-refractivity contribution in [2.75, 3.05) is 0 Å². The number of carboxylic acids is 1. The molecule has 0 aliphatic heterocycles. The SMILES string of the molecule is CC(C)CC(NCc1cc(F)ccc1Cl)C(=O)O. The second kappa shape index (κ2) is 6.71. The zero-order valence-corrected chi connectivity index (χ0v) is 11.2. The maximum atomic E-state index is 13.0. The van der Waals surface area contributed by atoms with Crippen molar-refractivity contribution in [2.24, 2.45) is 5.92 Å². The topological polar surface area (TPSA) is 49.3 Å². The van der Waals surface area contributed by atoms with Crippen LogP contribution in [0, 0.1) is 11.7 Å². The van der Waals surface area contributed by atoms with Crippen LogP contribution in [0.4, 0.5) is 4.39 Å². The molecule has 0 amide bonds. The first-order valence-electron chi connectivity index (χ1n) is 5.80. The molecule has 0 heterocycles. The maximum Gasteiger partial charge on any atom is 0.320 e. The lowest BCUT2D eigenvalue weighted by molar-refractivity contribution is -0.140. The summed E-state index contributed by atoms with van der Waals surface area (Å²) in [6.07, 6.45) is 0.516. The van der Waals surface area contributed by atoms with Crippen LogP contribution in [-0.2, 0) is 11.3 Å². The highest BCUT2D eigenvalue weighted by Crippen LogP contribution is 2.17. The fourth-order valence-electron chi connectivity index (χ4n) is 1.65. The zero-order valence-electron chi connectivity index (χ0n) is 10.4. The van der Waals surface area contributed by atoms with Crippen molar-refractivity contribution in [3.8, 4) is 0 Å². The molecule has 1 aromatic carbocycles. The number of aliphatic carboxylic acids is 1. The van der Waals surface area contributed by atoms with Crippen LogP contribution in [0.2, 0.25) is 5.02 Å². The monoisotopic (exact) mass is 273 g/mol. The van der Waals surface area contributed by atoms with Gasteiger partial charge in [0.25, 0.3) is 0 Å². The zero-order chi connectivity index (χ0) is 13.7. The molecule has 0 spiro atoms. The van der Waals surface area contributed by atoms with Gasteiger partial charge in [0.1, 0.15) is 11.9 Å². The van der Waals surface area contributed by atoms with Crippen LogP contribution in [0.25, 0.3) is 0 Å². The molecule has 0 radical (unpaired) electrons. The van der Waals surface area contributed by atoms with E-state index in [-0.39, 0.29) is 18.3 Å². The third-order valence-corrected chi connectivity index (χ3v) is 2.92. The summed E-state index contributed by atoms with van der Waals surface area (Å²) >= 11 is 5.91. The van der Waals surface area contributed by atoms with Gasteiger partial charge in [0.05, 0.1) is 0 Å². The highest BCUT2D eigenvalue weighted by Gasteiger charge is 2.18. The summed E-state index contributed by atoms with van der Waals surface area (Å²) in [6, 6.07) is 3.40. The van der Waals surface area contributed by atoms with Gasteiger partial charge in [-0.25, -0.2) is 4.39 Å². The quantitative estimate of drug-likeness (QED) is 0.837. The lowest BCUT2D eigenvalue weighted by Crippen LogP contribution is -2.37. The van der Waals surface area contributed by atoms with E-state index in [0.29, 0.717) is 17.0 Å². The van der Waals surface area contributed by atoms with Crippen LogP contribution in [0.15, 0.2) is 18.2 Å². The number of carboxylic acid groups (broad SMARTS) is 1. The highest BCUT2D eigenvalue weighted by molar-refractivity contribution is 6.31. The summed E-state index contributed by atoms with van der Waals surface area (Å²) in [4.78, 5) is 11.0. The second-order valence-corrected chi connectivity index (χ2v) is 5.04. The minimum absolute atomic E-state index is 0.236. The van der Waals surface area contributed by atoms with Crippen LogP contribution in [0.3, 0.4) is 0 Å². The first-order valence-corrected chi connectivity index (χ1v) is 6.18. The van der Waals surface area contributed by atoms with E-state index >= 15 is 0 Å². The maximum absolute atomic E-state index is 13.0. The first kappa shape index (κ1) is 14.9. The molecule has 0 fully saturated rings. The van der Waals surface area contributed by atoms with E-state index in [1.807, 2.05) is 13.8 Å². The van der Waals surface area contributed by atoms with Crippen molar-refractivity contribution in [3.05, 3.63) is 34.6 Å². The van der Waals surface area contributed by atoms with Crippen LogP contribution in [0.1, 0.15) is 25.8 Å². The molecule has 0 bridgehead atoms. The van der Waals surface area contributed by atoms with E-state index in [4.69, 9.17) is 16.7 Å². The van der Waals surface area contributed by atoms with Crippen LogP contribution in [0.5, 0.6) is 0 Å². The summed E-state index contributed by atoms with van der Waals surface area (Å²) in [5, 5.41) is 12.4. The lowest BCUT2D eigenvalue weighted by atomic mass is 10.0. The van der Waals surface area contributed by atoms with E-state index < -0.39 is 12.0 Å². The summed E-state index contributed by atoms with van der Waals surface area (Å²) < 4.78 is 13.0. The van der Waals surface area contributed by atoms with E-state index in [1.165, 1.54) is 18.2 Å². The Morgan fingerprint density at radius 2 is 2.17 bits per heavy atom. The van der Waals surface area contributed by atoms with Crippen LogP contribution >= 0.6 is 11.6 Å². The molecule has 0 saturated heterocycles. The van der Waals surface area contributed by atoms with Crippen LogP contribution in [-0.4, -0.2) is 17.1 Å². The number of hydrogen-bond donors (Lipinski definition) is 2. The molecular formula is C13H17ClFNO2. The van der Waals surface area contributed by atoms with Gasteiger partial charge >= 0.3 is 5.97 Å². The van der Waals surface area contributed by atoms with Gasteiger partial charge in [-0.3, -0.25) is 4.79 Å². The summed E-state index contributed by atoms with van der Waals surface area (Å²) in [6.45, 7) is 4.14. The molecule has 1 atom stereocenters. The first-order chi connectivity index (χ1) is 8.40. The Morgan fingerprint density at radius 3 is 2.72 bits per heavy atom. The third-order valence-electron chi connectivity index (χ3n) is 2.55. The van der Waals surface area contributed by atoms with E-state index in [9.17, 15) is 9.18 Å². The Balaban J connectivity index is 2.66. The number of halogens is 2. The van der Waals surface area contributed by atoms with E-state index in [0.717, 1.165) is 0 Å². The van der Waals surface area contributed by atoms with Crippen molar-refractivity contribution in [1.82, 2.24) is 5.32 Å². The molecule has 5 heteroatoms. The predicted molar refractivity (Wildman–Crippen MR) is 69.1 cm³/mol. The number of hydrogen-bond acceptors (Lipinski definition) is 2. The molecule has 0 aliphatic rings. The molecule has 100 valence electrons. The highest BCUT2D eigenvalue weighted by atomic mass is 35.5. The largest absolute Gasteiger partial charge is 0.480 e. The summed E-state index contributed by atoms with van der Waals surface area (Å²) in [7, 11) is 0. The van der Waals surface area contributed by atoms with Gasteiger partial charge in [-0.15, -0.1) is 0 Å². The Kier molecular flexibility index (Phi) is 5.56. The average molecular weight is 274 g/mol. The molecule has 3 nitrogen and oxygen atoms in total. The molecule has 1 rings (SSSR count). The molecule has 1 aromatic rings. The average Bonchev–Trinajstić information content (AvgIpc) is 2.27. The molecule has 1 unspecified atom stereocenters. The van der Waals surface area contributed by atoms with Crippen molar-refractivity contribution in [2.45, 2.75) is 32.9 Å². The molecule has 18 heavy (non-hydrogen) atoms. The van der Waals surface area contributed by atoms with E-state index in [2.05, 4.69) is 5.32 Å². The minimum Gasteiger partial charge on any atom is -0.480 e. The molecule has 0 aliphatic carbocycles. The van der Waals surface area contributed by atoms with Gasteiger partial charge < -0.3 is 10.4 Å². The number of benzene rings is 1. The van der Waals surface area contributed by atoms with Gasteiger partial charge in [0, 0.05) is 11.6 Å². The standard InChI is InChI=1S/C13H17ClFNO2/c1-8(2)5-12(13(17)18)16-7-9-6-10(15)3-4-11(9)14/h3-4,6,8,12,16H,5,7H2,1-2H3,(H,17,18). The van der Waals surface area contributed by atoms with Gasteiger partial charge in [0.2, 0.25) is 0 Å². The van der Waals surface area contributed by atoms with Crippen LogP contribution < -0.4 is 5.32 Å². The number of rotatable bonds is 6. The number of nitrogens with one attached hydrogen (secondary N) is 1. The Morgan fingerprint density at radius 1 is 1.50 bits per heavy atom. The minimum atomic E-state index is -0.906. The molecule has 2 N–H and O–H groups in total. The van der Waals surface area contributed by atoms with Gasteiger partial charge in [-0.1, -0.05) is 25.4 Å². The van der Waals surface area contributed by atoms with Crippen molar-refractivity contribution >= 4 is 17.6 Å². The Bertz CT molecular complexity index is 423. The van der Waals surface area contributed by atoms with Gasteiger partial charge in [-0.05, 0) is 36.1 Å². The van der Waals surface area contributed by atoms with Crippen molar-refractivity contribution in [1.29, 1.82) is 0 Å². The predicted octanol–water partition coefficient (Wildman–Crippen LogP) is 3.07. The molecular weight excluding hydrogens is 257 g/mol. The smallest absolute Gasteiger partial charge is 0.320 e. The second-order valence-electron chi connectivity index (χ2n) is 4.64. The van der Waals surface area contributed by atoms with E-state index in [1.54, 1.807) is 0 Å². The Labute approximate surface area is 111 Å². The Hall–Kier alpha value is -1.13.